The fourth-order valence-electron chi connectivity index (χ4n) is 2.58. The van der Waals surface area contributed by atoms with Crippen molar-refractivity contribution in [3.05, 3.63) is 19.9 Å². The van der Waals surface area contributed by atoms with Gasteiger partial charge in [-0.25, -0.2) is 0 Å². The van der Waals surface area contributed by atoms with Crippen molar-refractivity contribution < 1.29 is 4.74 Å². The molecule has 22 heavy (non-hydrogen) atoms. The van der Waals surface area contributed by atoms with Crippen molar-refractivity contribution in [2.24, 2.45) is 10.9 Å². The van der Waals surface area contributed by atoms with Crippen molar-refractivity contribution in [1.29, 1.82) is 0 Å². The smallest absolute Gasteiger partial charge is 0.193 e. The number of rotatable bonds is 6. The summed E-state index contributed by atoms with van der Waals surface area (Å²) >= 11 is 4.23. The number of thiophene rings is 1. The summed E-state index contributed by atoms with van der Waals surface area (Å²) in [5.41, 5.74) is 0. The van der Waals surface area contributed by atoms with Crippen LogP contribution in [-0.2, 0) is 11.2 Å². The first-order chi connectivity index (χ1) is 10.2. The van der Waals surface area contributed by atoms with Gasteiger partial charge in [0.2, 0.25) is 0 Å². The van der Waals surface area contributed by atoms with Crippen LogP contribution in [0.2, 0.25) is 0 Å². The molecule has 0 bridgehead atoms. The molecule has 1 atom stereocenters. The van der Waals surface area contributed by atoms with Gasteiger partial charge < -0.3 is 15.0 Å². The average Bonchev–Trinajstić information content (AvgIpc) is 3.08. The third-order valence-corrected chi connectivity index (χ3v) is 5.52. The molecule has 1 saturated heterocycles. The summed E-state index contributed by atoms with van der Waals surface area (Å²) in [4.78, 5) is 8.57. The molecule has 0 aliphatic carbocycles. The Morgan fingerprint density at radius 2 is 2.36 bits per heavy atom. The van der Waals surface area contributed by atoms with E-state index < -0.39 is 0 Å². The Morgan fingerprint density at radius 1 is 1.55 bits per heavy atom. The van der Waals surface area contributed by atoms with Crippen LogP contribution < -0.4 is 5.32 Å². The number of ether oxygens (including phenoxy) is 1. The maximum absolute atomic E-state index is 5.27. The molecule has 0 saturated carbocycles. The summed E-state index contributed by atoms with van der Waals surface area (Å²) < 4.78 is 6.62. The van der Waals surface area contributed by atoms with Gasteiger partial charge in [0.15, 0.2) is 5.96 Å². The monoisotopic (exact) mass is 549 g/mol. The fraction of sp³-hybridized carbons (Fsp3) is 0.667. The molecule has 0 amide bonds. The highest BCUT2D eigenvalue weighted by molar-refractivity contribution is 14.1. The number of nitrogens with one attached hydrogen (secondary N) is 1. The fourth-order valence-corrected chi connectivity index (χ4v) is 4.32. The van der Waals surface area contributed by atoms with E-state index in [9.17, 15) is 0 Å². The number of guanidine groups is 1. The topological polar surface area (TPSA) is 36.9 Å². The second-order valence-corrected chi connectivity index (χ2v) is 8.31. The molecule has 7 heteroatoms. The van der Waals surface area contributed by atoms with Crippen molar-refractivity contribution in [2.45, 2.75) is 19.8 Å². The molecule has 4 nitrogen and oxygen atoms in total. The minimum atomic E-state index is 0. The molecule has 2 rings (SSSR count). The first-order valence-electron chi connectivity index (χ1n) is 7.49. The predicted octanol–water partition coefficient (Wildman–Crippen LogP) is 3.45. The molecule has 1 fully saturated rings. The van der Waals surface area contributed by atoms with Crippen LogP contribution in [0.1, 0.15) is 18.2 Å². The number of hydrogen-bond donors (Lipinski definition) is 1. The van der Waals surface area contributed by atoms with Crippen molar-refractivity contribution in [1.82, 2.24) is 10.2 Å². The SMILES string of the molecule is CCNC(=NCCc1ccc(I)s1)N1CCC(COC)C1.I. The molecular formula is C15H25I2N3OS. The van der Waals surface area contributed by atoms with E-state index in [0.29, 0.717) is 5.92 Å². The van der Waals surface area contributed by atoms with Gasteiger partial charge in [0.25, 0.3) is 0 Å². The predicted molar refractivity (Wildman–Crippen MR) is 114 cm³/mol. The first kappa shape index (κ1) is 20.4. The molecule has 1 unspecified atom stereocenters. The van der Waals surface area contributed by atoms with E-state index in [1.54, 1.807) is 7.11 Å². The highest BCUT2D eigenvalue weighted by Gasteiger charge is 2.24. The molecule has 0 aromatic carbocycles. The zero-order chi connectivity index (χ0) is 15.1. The molecule has 1 aromatic rings. The number of halogens is 2. The van der Waals surface area contributed by atoms with E-state index in [4.69, 9.17) is 9.73 Å². The van der Waals surface area contributed by atoms with Crippen LogP contribution in [0.5, 0.6) is 0 Å². The van der Waals surface area contributed by atoms with Crippen LogP contribution in [0.15, 0.2) is 17.1 Å². The van der Waals surface area contributed by atoms with Gasteiger partial charge in [0.05, 0.1) is 9.49 Å². The number of nitrogens with zero attached hydrogens (tertiary/aromatic N) is 2. The third-order valence-electron chi connectivity index (χ3n) is 3.57. The summed E-state index contributed by atoms with van der Waals surface area (Å²) in [6, 6.07) is 4.38. The van der Waals surface area contributed by atoms with Crippen molar-refractivity contribution in [3.8, 4) is 0 Å². The van der Waals surface area contributed by atoms with Gasteiger partial charge in [-0.2, -0.15) is 0 Å². The summed E-state index contributed by atoms with van der Waals surface area (Å²) in [5.74, 6) is 1.69. The molecule has 2 heterocycles. The number of likely N-dealkylation sites (tertiary alicyclic amines) is 1. The van der Waals surface area contributed by atoms with Crippen LogP contribution >= 0.6 is 57.9 Å². The zero-order valence-electron chi connectivity index (χ0n) is 13.2. The highest BCUT2D eigenvalue weighted by atomic mass is 127. The van der Waals surface area contributed by atoms with Gasteiger partial charge >= 0.3 is 0 Å². The molecule has 0 spiro atoms. The van der Waals surface area contributed by atoms with Gasteiger partial charge in [-0.3, -0.25) is 4.99 Å². The molecule has 0 radical (unpaired) electrons. The lowest BCUT2D eigenvalue weighted by Crippen LogP contribution is -2.40. The van der Waals surface area contributed by atoms with Gasteiger partial charge in [-0.1, -0.05) is 0 Å². The quantitative estimate of drug-likeness (QED) is 0.336. The lowest BCUT2D eigenvalue weighted by Gasteiger charge is -2.21. The lowest BCUT2D eigenvalue weighted by atomic mass is 10.1. The largest absolute Gasteiger partial charge is 0.384 e. The molecule has 1 aliphatic heterocycles. The standard InChI is InChI=1S/C15H24IN3OS.HI/c1-3-17-15(19-9-7-12(10-19)11-20-2)18-8-6-13-4-5-14(16)21-13;/h4-5,12H,3,6-11H2,1-2H3,(H,17,18);1H. The Labute approximate surface area is 168 Å². The normalized spacial score (nSPS) is 18.4. The first-order valence-corrected chi connectivity index (χ1v) is 9.38. The minimum Gasteiger partial charge on any atom is -0.384 e. The van der Waals surface area contributed by atoms with E-state index in [-0.39, 0.29) is 24.0 Å². The Morgan fingerprint density at radius 3 is 3.00 bits per heavy atom. The summed E-state index contributed by atoms with van der Waals surface area (Å²) in [5, 5.41) is 3.42. The average molecular weight is 549 g/mol. The Kier molecular flexibility index (Phi) is 10.2. The van der Waals surface area contributed by atoms with Gasteiger partial charge in [0.1, 0.15) is 0 Å². The number of hydrogen-bond acceptors (Lipinski definition) is 3. The Balaban J connectivity index is 0.00000242. The summed E-state index contributed by atoms with van der Waals surface area (Å²) in [7, 11) is 1.78. The van der Waals surface area contributed by atoms with Crippen molar-refractivity contribution >= 4 is 63.9 Å². The van der Waals surface area contributed by atoms with E-state index in [2.05, 4.69) is 51.9 Å². The summed E-state index contributed by atoms with van der Waals surface area (Å²) in [6.45, 7) is 6.88. The number of aliphatic imine (C=N–C) groups is 1. The summed E-state index contributed by atoms with van der Waals surface area (Å²) in [6.07, 6.45) is 2.22. The third kappa shape index (κ3) is 6.48. The van der Waals surface area contributed by atoms with Crippen LogP contribution in [-0.4, -0.2) is 50.8 Å². The van der Waals surface area contributed by atoms with Crippen LogP contribution in [0.4, 0.5) is 0 Å². The maximum Gasteiger partial charge on any atom is 0.193 e. The van der Waals surface area contributed by atoms with Crippen LogP contribution in [0, 0.1) is 8.80 Å². The highest BCUT2D eigenvalue weighted by Crippen LogP contribution is 2.19. The van der Waals surface area contributed by atoms with Crippen LogP contribution in [0.25, 0.3) is 0 Å². The van der Waals surface area contributed by atoms with Gasteiger partial charge in [-0.15, -0.1) is 35.3 Å². The molecule has 1 aliphatic rings. The number of methoxy groups -OCH3 is 1. The van der Waals surface area contributed by atoms with E-state index in [1.165, 1.54) is 14.2 Å². The van der Waals surface area contributed by atoms with E-state index in [0.717, 1.165) is 45.2 Å². The lowest BCUT2D eigenvalue weighted by molar-refractivity contribution is 0.157. The van der Waals surface area contributed by atoms with Crippen LogP contribution in [0.3, 0.4) is 0 Å². The minimum absolute atomic E-state index is 0. The van der Waals surface area contributed by atoms with Gasteiger partial charge in [-0.05, 0) is 48.1 Å². The van der Waals surface area contributed by atoms with E-state index in [1.807, 2.05) is 11.3 Å². The maximum atomic E-state index is 5.27. The second kappa shape index (κ2) is 11.0. The Hall–Kier alpha value is 0.390. The molecule has 1 aromatic heterocycles. The molecular weight excluding hydrogens is 524 g/mol. The zero-order valence-corrected chi connectivity index (χ0v) is 18.5. The second-order valence-electron chi connectivity index (χ2n) is 5.25. The molecule has 1 N–H and O–H groups in total. The van der Waals surface area contributed by atoms with Gasteiger partial charge in [0, 0.05) is 50.5 Å². The van der Waals surface area contributed by atoms with Crippen molar-refractivity contribution in [3.63, 3.8) is 0 Å². The Bertz CT molecular complexity index is 467. The molecule has 126 valence electrons. The van der Waals surface area contributed by atoms with E-state index >= 15 is 0 Å². The van der Waals surface area contributed by atoms with Crippen molar-refractivity contribution in [2.75, 3.05) is 39.9 Å².